The molecule has 0 radical (unpaired) electrons. The van der Waals surface area contributed by atoms with Crippen LogP contribution in [0.2, 0.25) is 0 Å². The van der Waals surface area contributed by atoms with Gasteiger partial charge in [0.05, 0.1) is 0 Å². The minimum Gasteiger partial charge on any atom is -0.361 e. The highest BCUT2D eigenvalue weighted by Crippen LogP contribution is 2.14. The van der Waals surface area contributed by atoms with Crippen molar-refractivity contribution in [3.05, 3.63) is 34.4 Å². The van der Waals surface area contributed by atoms with Crippen LogP contribution in [0, 0.1) is 20.8 Å². The second-order valence-corrected chi connectivity index (χ2v) is 3.91. The molecule has 0 heterocycles. The van der Waals surface area contributed by atoms with Gasteiger partial charge in [0, 0.05) is 6.54 Å². The summed E-state index contributed by atoms with van der Waals surface area (Å²) in [5.41, 5.74) is 9.30. The third-order valence-electron chi connectivity index (χ3n) is 2.62. The van der Waals surface area contributed by atoms with E-state index in [-0.39, 0.29) is 0 Å². The van der Waals surface area contributed by atoms with Crippen LogP contribution < -0.4 is 11.1 Å². The van der Waals surface area contributed by atoms with Crippen molar-refractivity contribution in [1.82, 2.24) is 5.32 Å². The van der Waals surface area contributed by atoms with Crippen molar-refractivity contribution in [1.29, 1.82) is 0 Å². The van der Waals surface area contributed by atoms with Crippen LogP contribution >= 0.6 is 0 Å². The number of aryl methyl sites for hydroxylation is 3. The van der Waals surface area contributed by atoms with E-state index in [1.165, 1.54) is 5.56 Å². The summed E-state index contributed by atoms with van der Waals surface area (Å²) in [6.45, 7) is 6.34. The Balaban J connectivity index is 2.78. The third-order valence-corrected chi connectivity index (χ3v) is 2.62. The lowest BCUT2D eigenvalue weighted by Crippen LogP contribution is -2.35. The molecule has 0 unspecified atom stereocenters. The Kier molecular flexibility index (Phi) is 3.66. The van der Waals surface area contributed by atoms with Gasteiger partial charge in [-0.15, -0.1) is 0 Å². The highest BCUT2D eigenvalue weighted by Gasteiger charge is 2.08. The minimum atomic E-state index is -0.957. The first-order valence-corrected chi connectivity index (χ1v) is 5.06. The van der Waals surface area contributed by atoms with Crippen LogP contribution in [0.15, 0.2) is 12.1 Å². The Labute approximate surface area is 94.8 Å². The van der Waals surface area contributed by atoms with Crippen molar-refractivity contribution in [2.75, 3.05) is 0 Å². The molecule has 2 amide bonds. The maximum atomic E-state index is 11.0. The fourth-order valence-electron chi connectivity index (χ4n) is 1.47. The van der Waals surface area contributed by atoms with E-state index in [2.05, 4.69) is 11.4 Å². The molecule has 0 aliphatic carbocycles. The second kappa shape index (κ2) is 4.79. The Bertz CT molecular complexity index is 439. The number of nitrogens with one attached hydrogen (secondary N) is 1. The number of hydrogen-bond acceptors (Lipinski definition) is 2. The number of carbonyl (C=O) groups is 2. The van der Waals surface area contributed by atoms with Gasteiger partial charge in [0.15, 0.2) is 0 Å². The maximum absolute atomic E-state index is 11.0. The van der Waals surface area contributed by atoms with Gasteiger partial charge in [-0.05, 0) is 43.0 Å². The molecule has 0 saturated carbocycles. The molecule has 4 nitrogen and oxygen atoms in total. The number of primary amides is 1. The number of amides is 2. The average molecular weight is 220 g/mol. The molecule has 1 aromatic carbocycles. The van der Waals surface area contributed by atoms with Crippen LogP contribution in [0.25, 0.3) is 0 Å². The fraction of sp³-hybridized carbons (Fsp3) is 0.333. The molecule has 1 rings (SSSR count). The van der Waals surface area contributed by atoms with E-state index in [0.29, 0.717) is 6.54 Å². The molecule has 0 spiro atoms. The summed E-state index contributed by atoms with van der Waals surface area (Å²) in [5.74, 6) is -1.71. The number of carbonyl (C=O) groups excluding carboxylic acids is 2. The van der Waals surface area contributed by atoms with Gasteiger partial charge in [-0.3, -0.25) is 9.59 Å². The van der Waals surface area contributed by atoms with Crippen molar-refractivity contribution in [3.8, 4) is 0 Å². The monoisotopic (exact) mass is 220 g/mol. The molecule has 86 valence electrons. The summed E-state index contributed by atoms with van der Waals surface area (Å²) in [6, 6.07) is 4.06. The summed E-state index contributed by atoms with van der Waals surface area (Å²) in [4.78, 5) is 21.5. The van der Waals surface area contributed by atoms with Gasteiger partial charge < -0.3 is 11.1 Å². The molecule has 0 aliphatic rings. The predicted octanol–water partition coefficient (Wildman–Crippen LogP) is 0.713. The standard InChI is InChI=1S/C12H16N2O2/c1-7-4-9(3)10(5-8(7)2)6-14-12(16)11(13)15/h4-5H,6H2,1-3H3,(H2,13,15)(H,14,16). The normalized spacial score (nSPS) is 9.94. The zero-order valence-electron chi connectivity index (χ0n) is 9.76. The van der Waals surface area contributed by atoms with E-state index in [9.17, 15) is 9.59 Å². The third kappa shape index (κ3) is 2.82. The molecular weight excluding hydrogens is 204 g/mol. The van der Waals surface area contributed by atoms with Crippen molar-refractivity contribution in [3.63, 3.8) is 0 Å². The Morgan fingerprint density at radius 2 is 1.69 bits per heavy atom. The van der Waals surface area contributed by atoms with E-state index in [1.807, 2.05) is 26.8 Å². The molecule has 0 saturated heterocycles. The predicted molar refractivity (Wildman–Crippen MR) is 61.7 cm³/mol. The van der Waals surface area contributed by atoms with Crippen molar-refractivity contribution in [2.45, 2.75) is 27.3 Å². The number of rotatable bonds is 2. The van der Waals surface area contributed by atoms with Gasteiger partial charge in [-0.1, -0.05) is 12.1 Å². The highest BCUT2D eigenvalue weighted by molar-refractivity contribution is 6.34. The molecular formula is C12H16N2O2. The average Bonchev–Trinajstić information content (AvgIpc) is 2.20. The van der Waals surface area contributed by atoms with Crippen LogP contribution in [0.5, 0.6) is 0 Å². The molecule has 0 atom stereocenters. The maximum Gasteiger partial charge on any atom is 0.309 e. The van der Waals surface area contributed by atoms with Crippen LogP contribution in [-0.4, -0.2) is 11.8 Å². The minimum absolute atomic E-state index is 0.328. The number of nitrogens with two attached hydrogens (primary N) is 1. The summed E-state index contributed by atoms with van der Waals surface area (Å²) in [6.07, 6.45) is 0. The first-order valence-electron chi connectivity index (χ1n) is 5.06. The lowest BCUT2D eigenvalue weighted by Gasteiger charge is -2.10. The van der Waals surface area contributed by atoms with Crippen molar-refractivity contribution >= 4 is 11.8 Å². The van der Waals surface area contributed by atoms with Crippen LogP contribution in [0.4, 0.5) is 0 Å². The zero-order chi connectivity index (χ0) is 12.3. The van der Waals surface area contributed by atoms with E-state index in [1.54, 1.807) is 0 Å². The van der Waals surface area contributed by atoms with E-state index in [0.717, 1.165) is 16.7 Å². The SMILES string of the molecule is Cc1cc(C)c(CNC(=O)C(N)=O)cc1C. The summed E-state index contributed by atoms with van der Waals surface area (Å²) in [7, 11) is 0. The van der Waals surface area contributed by atoms with E-state index in [4.69, 9.17) is 5.73 Å². The Morgan fingerprint density at radius 3 is 2.25 bits per heavy atom. The largest absolute Gasteiger partial charge is 0.361 e. The van der Waals surface area contributed by atoms with Gasteiger partial charge in [-0.25, -0.2) is 0 Å². The van der Waals surface area contributed by atoms with Crippen LogP contribution in [0.1, 0.15) is 22.3 Å². The molecule has 0 fully saturated rings. The van der Waals surface area contributed by atoms with Gasteiger partial charge in [0.1, 0.15) is 0 Å². The number of benzene rings is 1. The molecule has 0 aromatic heterocycles. The molecule has 16 heavy (non-hydrogen) atoms. The summed E-state index contributed by atoms with van der Waals surface area (Å²) >= 11 is 0. The quantitative estimate of drug-likeness (QED) is 0.720. The lowest BCUT2D eigenvalue weighted by molar-refractivity contribution is -0.137. The zero-order valence-corrected chi connectivity index (χ0v) is 9.76. The van der Waals surface area contributed by atoms with Gasteiger partial charge >= 0.3 is 11.8 Å². The van der Waals surface area contributed by atoms with Crippen LogP contribution in [-0.2, 0) is 16.1 Å². The first-order chi connectivity index (χ1) is 7.41. The first kappa shape index (κ1) is 12.2. The lowest BCUT2D eigenvalue weighted by atomic mass is 10.0. The second-order valence-electron chi connectivity index (χ2n) is 3.91. The smallest absolute Gasteiger partial charge is 0.309 e. The molecule has 0 aliphatic heterocycles. The van der Waals surface area contributed by atoms with Crippen molar-refractivity contribution < 1.29 is 9.59 Å². The molecule has 0 bridgehead atoms. The summed E-state index contributed by atoms with van der Waals surface area (Å²) in [5, 5.41) is 2.47. The van der Waals surface area contributed by atoms with Gasteiger partial charge in [0.2, 0.25) is 0 Å². The topological polar surface area (TPSA) is 72.2 Å². The van der Waals surface area contributed by atoms with E-state index < -0.39 is 11.8 Å². The molecule has 4 heteroatoms. The Morgan fingerprint density at radius 1 is 1.12 bits per heavy atom. The van der Waals surface area contributed by atoms with E-state index >= 15 is 0 Å². The van der Waals surface area contributed by atoms with Gasteiger partial charge in [-0.2, -0.15) is 0 Å². The number of hydrogen-bond donors (Lipinski definition) is 2. The summed E-state index contributed by atoms with van der Waals surface area (Å²) < 4.78 is 0. The van der Waals surface area contributed by atoms with Crippen LogP contribution in [0.3, 0.4) is 0 Å². The molecule has 3 N–H and O–H groups in total. The molecule has 1 aromatic rings. The highest BCUT2D eigenvalue weighted by atomic mass is 16.2. The Hall–Kier alpha value is -1.84. The van der Waals surface area contributed by atoms with Crippen molar-refractivity contribution in [2.24, 2.45) is 5.73 Å². The van der Waals surface area contributed by atoms with Gasteiger partial charge in [0.25, 0.3) is 0 Å². The fourth-order valence-corrected chi connectivity index (χ4v) is 1.47.